The number of nitrogens with zero attached hydrogens (tertiary/aromatic N) is 1. The second-order valence-electron chi connectivity index (χ2n) is 4.38. The maximum atomic E-state index is 11.1. The highest BCUT2D eigenvalue weighted by Gasteiger charge is 2.25. The maximum absolute atomic E-state index is 11.1. The molecule has 18 heavy (non-hydrogen) atoms. The van der Waals surface area contributed by atoms with Gasteiger partial charge in [0.1, 0.15) is 11.8 Å². The number of carbonyl (C=O) groups is 1. The zero-order chi connectivity index (χ0) is 13.7. The zero-order valence-corrected chi connectivity index (χ0v) is 11.4. The Morgan fingerprint density at radius 3 is 2.33 bits per heavy atom. The van der Waals surface area contributed by atoms with E-state index in [2.05, 4.69) is 0 Å². The largest absolute Gasteiger partial charge is 0.497 e. The van der Waals surface area contributed by atoms with Gasteiger partial charge in [0.15, 0.2) is 0 Å². The second-order valence-corrected chi connectivity index (χ2v) is 4.38. The summed E-state index contributed by atoms with van der Waals surface area (Å²) in [7, 11) is 3.47. The standard InChI is InChI=1S/C14H21NO3/c1-5-13(14(16)17)15(3)10(2)11-6-8-12(18-4)9-7-11/h6-10,13H,5H2,1-4H3,(H,16,17). The van der Waals surface area contributed by atoms with Gasteiger partial charge in [0.2, 0.25) is 0 Å². The SMILES string of the molecule is CCC(C(=O)O)N(C)C(C)c1ccc(OC)cc1. The molecule has 0 amide bonds. The molecule has 0 spiro atoms. The summed E-state index contributed by atoms with van der Waals surface area (Å²) in [4.78, 5) is 13.0. The third-order valence-corrected chi connectivity index (χ3v) is 3.37. The molecule has 2 unspecified atom stereocenters. The second kappa shape index (κ2) is 6.40. The smallest absolute Gasteiger partial charge is 0.320 e. The van der Waals surface area contributed by atoms with E-state index in [1.807, 2.05) is 50.1 Å². The van der Waals surface area contributed by atoms with E-state index in [1.165, 1.54) is 0 Å². The minimum atomic E-state index is -0.777. The van der Waals surface area contributed by atoms with Gasteiger partial charge in [0.05, 0.1) is 7.11 Å². The molecule has 0 saturated carbocycles. The van der Waals surface area contributed by atoms with E-state index in [-0.39, 0.29) is 6.04 Å². The van der Waals surface area contributed by atoms with Crippen molar-refractivity contribution in [3.63, 3.8) is 0 Å². The molecule has 4 heteroatoms. The van der Waals surface area contributed by atoms with Gasteiger partial charge in [-0.2, -0.15) is 0 Å². The van der Waals surface area contributed by atoms with Crippen LogP contribution in [0.1, 0.15) is 31.9 Å². The van der Waals surface area contributed by atoms with Crippen LogP contribution in [0.4, 0.5) is 0 Å². The van der Waals surface area contributed by atoms with Crippen molar-refractivity contribution in [2.45, 2.75) is 32.4 Å². The van der Waals surface area contributed by atoms with Crippen LogP contribution < -0.4 is 4.74 Å². The molecule has 1 N–H and O–H groups in total. The summed E-state index contributed by atoms with van der Waals surface area (Å²) >= 11 is 0. The number of aliphatic carboxylic acids is 1. The van der Waals surface area contributed by atoms with Gasteiger partial charge in [-0.05, 0) is 38.1 Å². The summed E-state index contributed by atoms with van der Waals surface area (Å²) in [6.07, 6.45) is 0.590. The summed E-state index contributed by atoms with van der Waals surface area (Å²) in [5.41, 5.74) is 1.08. The highest BCUT2D eigenvalue weighted by Crippen LogP contribution is 2.24. The lowest BCUT2D eigenvalue weighted by molar-refractivity contribution is -0.143. The summed E-state index contributed by atoms with van der Waals surface area (Å²) in [6, 6.07) is 7.31. The number of carboxylic acid groups (broad SMARTS) is 1. The van der Waals surface area contributed by atoms with E-state index in [0.717, 1.165) is 11.3 Å². The summed E-state index contributed by atoms with van der Waals surface area (Å²) in [6.45, 7) is 3.89. The number of rotatable bonds is 6. The molecule has 0 aliphatic carbocycles. The topological polar surface area (TPSA) is 49.8 Å². The van der Waals surface area contributed by atoms with Gasteiger partial charge >= 0.3 is 5.97 Å². The van der Waals surface area contributed by atoms with Crippen LogP contribution in [0.15, 0.2) is 24.3 Å². The first-order chi connectivity index (χ1) is 8.51. The fourth-order valence-electron chi connectivity index (χ4n) is 2.02. The molecular weight excluding hydrogens is 230 g/mol. The lowest BCUT2D eigenvalue weighted by atomic mass is 10.0. The number of carboxylic acids is 1. The Hall–Kier alpha value is -1.55. The minimum Gasteiger partial charge on any atom is -0.497 e. The van der Waals surface area contributed by atoms with Gasteiger partial charge < -0.3 is 9.84 Å². The van der Waals surface area contributed by atoms with Crippen LogP contribution in [-0.2, 0) is 4.79 Å². The minimum absolute atomic E-state index is 0.0527. The van der Waals surface area contributed by atoms with Crippen LogP contribution in [0.2, 0.25) is 0 Å². The number of hydrogen-bond donors (Lipinski definition) is 1. The Bertz CT molecular complexity index is 389. The Labute approximate surface area is 108 Å². The quantitative estimate of drug-likeness (QED) is 0.844. The van der Waals surface area contributed by atoms with E-state index >= 15 is 0 Å². The predicted molar refractivity (Wildman–Crippen MR) is 70.9 cm³/mol. The molecule has 0 radical (unpaired) electrons. The monoisotopic (exact) mass is 251 g/mol. The van der Waals surface area contributed by atoms with Gasteiger partial charge in [-0.3, -0.25) is 9.69 Å². The Morgan fingerprint density at radius 1 is 1.39 bits per heavy atom. The molecule has 1 aromatic rings. The van der Waals surface area contributed by atoms with Crippen molar-refractivity contribution < 1.29 is 14.6 Å². The van der Waals surface area contributed by atoms with E-state index in [9.17, 15) is 4.79 Å². The molecule has 1 rings (SSSR count). The molecule has 1 aromatic carbocycles. The Balaban J connectivity index is 2.84. The number of benzene rings is 1. The first kappa shape index (κ1) is 14.5. The van der Waals surface area contributed by atoms with Gasteiger partial charge in [0.25, 0.3) is 0 Å². The van der Waals surface area contributed by atoms with Crippen molar-refractivity contribution in [3.8, 4) is 5.75 Å². The van der Waals surface area contributed by atoms with E-state index in [0.29, 0.717) is 6.42 Å². The van der Waals surface area contributed by atoms with Crippen LogP contribution in [0.25, 0.3) is 0 Å². The molecular formula is C14H21NO3. The van der Waals surface area contributed by atoms with Crippen LogP contribution in [0, 0.1) is 0 Å². The molecule has 0 aromatic heterocycles. The molecule has 0 bridgehead atoms. The van der Waals surface area contributed by atoms with Crippen molar-refractivity contribution in [2.75, 3.05) is 14.2 Å². The van der Waals surface area contributed by atoms with Crippen molar-refractivity contribution in [3.05, 3.63) is 29.8 Å². The third-order valence-electron chi connectivity index (χ3n) is 3.37. The molecule has 0 aliphatic rings. The van der Waals surface area contributed by atoms with E-state index in [1.54, 1.807) is 7.11 Å². The molecule has 0 saturated heterocycles. The lowest BCUT2D eigenvalue weighted by Gasteiger charge is -2.30. The molecule has 2 atom stereocenters. The fourth-order valence-corrected chi connectivity index (χ4v) is 2.02. The first-order valence-corrected chi connectivity index (χ1v) is 6.10. The molecule has 0 aliphatic heterocycles. The van der Waals surface area contributed by atoms with Gasteiger partial charge in [0, 0.05) is 6.04 Å². The molecule has 0 heterocycles. The first-order valence-electron chi connectivity index (χ1n) is 6.10. The predicted octanol–water partition coefficient (Wildman–Crippen LogP) is 2.55. The normalized spacial score (nSPS) is 14.3. The van der Waals surface area contributed by atoms with Crippen molar-refractivity contribution in [1.82, 2.24) is 4.90 Å². The maximum Gasteiger partial charge on any atom is 0.320 e. The highest BCUT2D eigenvalue weighted by atomic mass is 16.5. The van der Waals surface area contributed by atoms with Crippen LogP contribution in [-0.4, -0.2) is 36.2 Å². The van der Waals surface area contributed by atoms with Gasteiger partial charge in [-0.25, -0.2) is 0 Å². The fraction of sp³-hybridized carbons (Fsp3) is 0.500. The number of methoxy groups -OCH3 is 1. The number of hydrogen-bond acceptors (Lipinski definition) is 3. The highest BCUT2D eigenvalue weighted by molar-refractivity contribution is 5.73. The average Bonchev–Trinajstić information content (AvgIpc) is 2.38. The van der Waals surface area contributed by atoms with Crippen LogP contribution >= 0.6 is 0 Å². The summed E-state index contributed by atoms with van der Waals surface area (Å²) in [5.74, 6) is 0.0271. The number of ether oxygens (including phenoxy) is 1. The number of likely N-dealkylation sites (N-methyl/N-ethyl adjacent to an activating group) is 1. The average molecular weight is 251 g/mol. The third kappa shape index (κ3) is 3.23. The van der Waals surface area contributed by atoms with E-state index < -0.39 is 12.0 Å². The lowest BCUT2D eigenvalue weighted by Crippen LogP contribution is -2.39. The molecule has 4 nitrogen and oxygen atoms in total. The summed E-state index contributed by atoms with van der Waals surface area (Å²) in [5, 5.41) is 9.16. The molecule has 100 valence electrons. The summed E-state index contributed by atoms with van der Waals surface area (Å²) < 4.78 is 5.11. The van der Waals surface area contributed by atoms with Crippen LogP contribution in [0.5, 0.6) is 5.75 Å². The zero-order valence-electron chi connectivity index (χ0n) is 11.4. The van der Waals surface area contributed by atoms with Crippen molar-refractivity contribution >= 4 is 5.97 Å². The van der Waals surface area contributed by atoms with Crippen LogP contribution in [0.3, 0.4) is 0 Å². The van der Waals surface area contributed by atoms with Gasteiger partial charge in [-0.1, -0.05) is 19.1 Å². The Morgan fingerprint density at radius 2 is 1.94 bits per heavy atom. The van der Waals surface area contributed by atoms with Gasteiger partial charge in [-0.15, -0.1) is 0 Å². The Kier molecular flexibility index (Phi) is 5.16. The molecule has 0 fully saturated rings. The van der Waals surface area contributed by atoms with Crippen molar-refractivity contribution in [1.29, 1.82) is 0 Å². The van der Waals surface area contributed by atoms with E-state index in [4.69, 9.17) is 9.84 Å². The van der Waals surface area contributed by atoms with Crippen molar-refractivity contribution in [2.24, 2.45) is 0 Å².